The largest absolute Gasteiger partial charge is 0.495 e. The van der Waals surface area contributed by atoms with Crippen LogP contribution >= 0.6 is 24.0 Å². The van der Waals surface area contributed by atoms with Gasteiger partial charge >= 0.3 is 0 Å². The molecule has 0 aliphatic carbocycles. The van der Waals surface area contributed by atoms with E-state index in [4.69, 9.17) is 27.2 Å². The minimum Gasteiger partial charge on any atom is -0.495 e. The van der Waals surface area contributed by atoms with Gasteiger partial charge in [0.2, 0.25) is 0 Å². The summed E-state index contributed by atoms with van der Waals surface area (Å²) in [5, 5.41) is 9.31. The number of aliphatic hydroxyl groups excluding tert-OH is 1. The van der Waals surface area contributed by atoms with Crippen molar-refractivity contribution in [1.82, 2.24) is 0 Å². The second kappa shape index (κ2) is 6.09. The van der Waals surface area contributed by atoms with E-state index in [0.717, 1.165) is 5.56 Å². The molecule has 0 fully saturated rings. The second-order valence-corrected chi connectivity index (χ2v) is 3.09. The molecule has 0 spiro atoms. The van der Waals surface area contributed by atoms with Crippen LogP contribution in [0.4, 0.5) is 0 Å². The maximum atomic E-state index is 8.81. The Bertz CT molecular complexity index is 294. The molecular weight excluding hydrogens is 225 g/mol. The molecule has 3 N–H and O–H groups in total. The molecule has 1 aromatic rings. The lowest BCUT2D eigenvalue weighted by molar-refractivity contribution is 0.268. The fourth-order valence-electron chi connectivity index (χ4n) is 1.02. The van der Waals surface area contributed by atoms with E-state index in [0.29, 0.717) is 10.8 Å². The summed E-state index contributed by atoms with van der Waals surface area (Å²) < 4.78 is 4.98. The van der Waals surface area contributed by atoms with Crippen molar-refractivity contribution in [2.45, 2.75) is 6.04 Å². The molecule has 0 saturated heterocycles. The number of hydrogen-bond donors (Lipinski definition) is 2. The summed E-state index contributed by atoms with van der Waals surface area (Å²) in [7, 11) is 1.55. The van der Waals surface area contributed by atoms with Crippen LogP contribution in [-0.2, 0) is 0 Å². The molecule has 1 aromatic carbocycles. The number of ether oxygens (including phenoxy) is 1. The van der Waals surface area contributed by atoms with Gasteiger partial charge < -0.3 is 15.6 Å². The van der Waals surface area contributed by atoms with Crippen LogP contribution in [0.3, 0.4) is 0 Å². The highest BCUT2D eigenvalue weighted by Gasteiger charge is 2.07. The van der Waals surface area contributed by atoms with Crippen LogP contribution in [0.25, 0.3) is 0 Å². The molecule has 3 nitrogen and oxygen atoms in total. The zero-order chi connectivity index (χ0) is 9.84. The van der Waals surface area contributed by atoms with Crippen LogP contribution in [0.1, 0.15) is 11.6 Å². The Morgan fingerprint density at radius 1 is 1.57 bits per heavy atom. The van der Waals surface area contributed by atoms with Crippen molar-refractivity contribution >= 4 is 24.0 Å². The van der Waals surface area contributed by atoms with E-state index in [1.165, 1.54) is 0 Å². The third kappa shape index (κ3) is 3.03. The Balaban J connectivity index is 0.00000169. The first kappa shape index (κ1) is 13.5. The van der Waals surface area contributed by atoms with Gasteiger partial charge in [-0.05, 0) is 17.7 Å². The molecule has 0 aliphatic heterocycles. The molecular formula is C9H13Cl2NO2. The van der Waals surface area contributed by atoms with Crippen LogP contribution < -0.4 is 10.5 Å². The molecule has 14 heavy (non-hydrogen) atoms. The number of halogens is 2. The van der Waals surface area contributed by atoms with Gasteiger partial charge in [-0.1, -0.05) is 17.7 Å². The monoisotopic (exact) mass is 237 g/mol. The van der Waals surface area contributed by atoms with Crippen molar-refractivity contribution in [3.05, 3.63) is 28.8 Å². The van der Waals surface area contributed by atoms with Crippen LogP contribution in [0.2, 0.25) is 5.02 Å². The fourth-order valence-corrected chi connectivity index (χ4v) is 1.28. The van der Waals surface area contributed by atoms with Gasteiger partial charge in [0.15, 0.2) is 0 Å². The van der Waals surface area contributed by atoms with Crippen molar-refractivity contribution in [2.75, 3.05) is 13.7 Å². The van der Waals surface area contributed by atoms with Gasteiger partial charge in [-0.3, -0.25) is 0 Å². The zero-order valence-electron chi connectivity index (χ0n) is 7.74. The number of nitrogens with two attached hydrogens (primary N) is 1. The van der Waals surface area contributed by atoms with Crippen molar-refractivity contribution in [3.8, 4) is 5.75 Å². The van der Waals surface area contributed by atoms with Crippen molar-refractivity contribution < 1.29 is 9.84 Å². The molecule has 5 heteroatoms. The van der Waals surface area contributed by atoms with Gasteiger partial charge in [-0.2, -0.15) is 0 Å². The average molecular weight is 238 g/mol. The highest BCUT2D eigenvalue weighted by atomic mass is 35.5. The minimum absolute atomic E-state index is 0. The summed E-state index contributed by atoms with van der Waals surface area (Å²) >= 11 is 5.87. The predicted octanol–water partition coefficient (Wildman–Crippen LogP) is 1.76. The third-order valence-corrected chi connectivity index (χ3v) is 2.10. The maximum Gasteiger partial charge on any atom is 0.137 e. The molecule has 0 aromatic heterocycles. The summed E-state index contributed by atoms with van der Waals surface area (Å²) in [5.74, 6) is 0.607. The average Bonchev–Trinajstić information content (AvgIpc) is 2.16. The van der Waals surface area contributed by atoms with E-state index in [-0.39, 0.29) is 25.1 Å². The highest BCUT2D eigenvalue weighted by Crippen LogP contribution is 2.26. The summed E-state index contributed by atoms with van der Waals surface area (Å²) in [4.78, 5) is 0. The molecule has 0 amide bonds. The predicted molar refractivity (Wildman–Crippen MR) is 59.3 cm³/mol. The van der Waals surface area contributed by atoms with Crippen LogP contribution in [-0.4, -0.2) is 18.8 Å². The van der Waals surface area contributed by atoms with Crippen LogP contribution in [0.5, 0.6) is 5.75 Å². The Morgan fingerprint density at radius 3 is 2.64 bits per heavy atom. The molecule has 0 unspecified atom stereocenters. The summed E-state index contributed by atoms with van der Waals surface area (Å²) in [5.41, 5.74) is 6.40. The van der Waals surface area contributed by atoms with Crippen LogP contribution in [0.15, 0.2) is 18.2 Å². The van der Waals surface area contributed by atoms with Gasteiger partial charge in [-0.15, -0.1) is 12.4 Å². The lowest BCUT2D eigenvalue weighted by Crippen LogP contribution is -2.14. The van der Waals surface area contributed by atoms with Gasteiger partial charge in [0.05, 0.1) is 24.8 Å². The Hall–Kier alpha value is -0.480. The summed E-state index contributed by atoms with van der Waals surface area (Å²) in [6.45, 7) is -0.0946. The topological polar surface area (TPSA) is 55.5 Å². The van der Waals surface area contributed by atoms with Gasteiger partial charge in [0.25, 0.3) is 0 Å². The maximum absolute atomic E-state index is 8.81. The molecule has 0 aliphatic rings. The Kier molecular flexibility index (Phi) is 5.88. The van der Waals surface area contributed by atoms with Crippen LogP contribution in [0, 0.1) is 0 Å². The molecule has 0 bridgehead atoms. The Morgan fingerprint density at radius 2 is 2.21 bits per heavy atom. The molecule has 0 saturated carbocycles. The molecule has 80 valence electrons. The summed E-state index contributed by atoms with van der Waals surface area (Å²) in [6.07, 6.45) is 0. The summed E-state index contributed by atoms with van der Waals surface area (Å²) in [6, 6.07) is 4.82. The number of benzene rings is 1. The quantitative estimate of drug-likeness (QED) is 0.843. The number of rotatable bonds is 3. The van der Waals surface area contributed by atoms with E-state index < -0.39 is 0 Å². The minimum atomic E-state index is -0.386. The van der Waals surface area contributed by atoms with Crippen molar-refractivity contribution in [1.29, 1.82) is 0 Å². The third-order valence-electron chi connectivity index (χ3n) is 1.80. The first-order valence-corrected chi connectivity index (χ1v) is 4.26. The van der Waals surface area contributed by atoms with E-state index in [9.17, 15) is 0 Å². The SMILES string of the molecule is COc1ccc([C@H](N)CO)cc1Cl.Cl. The fraction of sp³-hybridized carbons (Fsp3) is 0.333. The van der Waals surface area contributed by atoms with Crippen molar-refractivity contribution in [2.24, 2.45) is 5.73 Å². The van der Waals surface area contributed by atoms with Gasteiger partial charge in [-0.25, -0.2) is 0 Å². The molecule has 0 radical (unpaired) electrons. The van der Waals surface area contributed by atoms with E-state index >= 15 is 0 Å². The second-order valence-electron chi connectivity index (χ2n) is 2.68. The van der Waals surface area contributed by atoms with E-state index in [1.807, 2.05) is 0 Å². The highest BCUT2D eigenvalue weighted by molar-refractivity contribution is 6.32. The standard InChI is InChI=1S/C9H12ClNO2.ClH/c1-13-9-3-2-6(4-7(9)10)8(11)5-12;/h2-4,8,12H,5,11H2,1H3;1H/t8-;/m1./s1. The first-order valence-electron chi connectivity index (χ1n) is 3.89. The van der Waals surface area contributed by atoms with E-state index in [2.05, 4.69) is 0 Å². The lowest BCUT2D eigenvalue weighted by Gasteiger charge is -2.10. The lowest BCUT2D eigenvalue weighted by atomic mass is 10.1. The molecule has 0 heterocycles. The zero-order valence-corrected chi connectivity index (χ0v) is 9.31. The number of methoxy groups -OCH3 is 1. The molecule has 1 rings (SSSR count). The number of hydrogen-bond acceptors (Lipinski definition) is 3. The molecule has 1 atom stereocenters. The normalized spacial score (nSPS) is 11.7. The van der Waals surface area contributed by atoms with Gasteiger partial charge in [0.1, 0.15) is 5.75 Å². The first-order chi connectivity index (χ1) is 6.19. The van der Waals surface area contributed by atoms with E-state index in [1.54, 1.807) is 25.3 Å². The Labute approximate surface area is 94.2 Å². The number of aliphatic hydroxyl groups is 1. The van der Waals surface area contributed by atoms with Gasteiger partial charge in [0, 0.05) is 0 Å². The van der Waals surface area contributed by atoms with Crippen molar-refractivity contribution in [3.63, 3.8) is 0 Å². The smallest absolute Gasteiger partial charge is 0.137 e.